The molecule has 0 aliphatic carbocycles. The molecule has 16 heavy (non-hydrogen) atoms. The SMILES string of the molecule is C=C(C)CCc1ccc(CC)c(C)c1CC. The van der Waals surface area contributed by atoms with E-state index in [1.165, 1.54) is 22.3 Å². The van der Waals surface area contributed by atoms with Gasteiger partial charge in [-0.3, -0.25) is 0 Å². The lowest BCUT2D eigenvalue weighted by Crippen LogP contribution is -2.00. The van der Waals surface area contributed by atoms with Crippen molar-refractivity contribution in [2.75, 3.05) is 0 Å². The normalized spacial score (nSPS) is 10.5. The van der Waals surface area contributed by atoms with Gasteiger partial charge >= 0.3 is 0 Å². The molecule has 0 N–H and O–H groups in total. The molecule has 0 spiro atoms. The summed E-state index contributed by atoms with van der Waals surface area (Å²) in [6, 6.07) is 4.61. The van der Waals surface area contributed by atoms with Crippen LogP contribution in [0.25, 0.3) is 0 Å². The molecule has 0 saturated heterocycles. The van der Waals surface area contributed by atoms with E-state index in [-0.39, 0.29) is 0 Å². The van der Waals surface area contributed by atoms with Gasteiger partial charge in [0.25, 0.3) is 0 Å². The Morgan fingerprint density at radius 2 is 1.75 bits per heavy atom. The predicted octanol–water partition coefficient (Wildman–Crippen LogP) is 4.63. The van der Waals surface area contributed by atoms with Crippen LogP contribution in [0.2, 0.25) is 0 Å². The van der Waals surface area contributed by atoms with Gasteiger partial charge in [-0.1, -0.05) is 31.6 Å². The molecule has 0 atom stereocenters. The van der Waals surface area contributed by atoms with E-state index in [1.807, 2.05) is 0 Å². The summed E-state index contributed by atoms with van der Waals surface area (Å²) in [6.45, 7) is 12.8. The Bertz CT molecular complexity index is 372. The van der Waals surface area contributed by atoms with Gasteiger partial charge in [0.15, 0.2) is 0 Å². The first-order valence-corrected chi connectivity index (χ1v) is 6.34. The van der Waals surface area contributed by atoms with Gasteiger partial charge in [0.05, 0.1) is 0 Å². The zero-order chi connectivity index (χ0) is 12.1. The third kappa shape index (κ3) is 2.98. The molecular formula is C16H24. The molecule has 0 saturated carbocycles. The Kier molecular flexibility index (Phi) is 4.79. The van der Waals surface area contributed by atoms with Crippen molar-refractivity contribution in [3.63, 3.8) is 0 Å². The van der Waals surface area contributed by atoms with E-state index < -0.39 is 0 Å². The molecule has 0 heteroatoms. The van der Waals surface area contributed by atoms with E-state index >= 15 is 0 Å². The standard InChI is InChI=1S/C16H24/c1-6-14-10-11-15(9-8-12(3)4)16(7-2)13(14)5/h10-11H,3,6-9H2,1-2,4-5H3. The summed E-state index contributed by atoms with van der Waals surface area (Å²) in [6.07, 6.45) is 4.53. The topological polar surface area (TPSA) is 0 Å². The molecular weight excluding hydrogens is 192 g/mol. The van der Waals surface area contributed by atoms with Crippen molar-refractivity contribution < 1.29 is 0 Å². The highest BCUT2D eigenvalue weighted by atomic mass is 14.1. The van der Waals surface area contributed by atoms with Crippen molar-refractivity contribution in [3.05, 3.63) is 46.5 Å². The maximum Gasteiger partial charge on any atom is -0.0239 e. The van der Waals surface area contributed by atoms with E-state index in [4.69, 9.17) is 0 Å². The van der Waals surface area contributed by atoms with Gasteiger partial charge < -0.3 is 0 Å². The number of aryl methyl sites for hydroxylation is 2. The van der Waals surface area contributed by atoms with Crippen LogP contribution in [0, 0.1) is 6.92 Å². The van der Waals surface area contributed by atoms with Crippen molar-refractivity contribution >= 4 is 0 Å². The molecule has 0 aliphatic rings. The smallest absolute Gasteiger partial charge is 0.0239 e. The highest BCUT2D eigenvalue weighted by molar-refractivity contribution is 5.40. The second kappa shape index (κ2) is 5.89. The zero-order valence-corrected chi connectivity index (χ0v) is 11.2. The van der Waals surface area contributed by atoms with Crippen LogP contribution < -0.4 is 0 Å². The lowest BCUT2D eigenvalue weighted by Gasteiger charge is -2.14. The minimum atomic E-state index is 1.11. The fraction of sp³-hybridized carbons (Fsp3) is 0.500. The second-order valence-corrected chi connectivity index (χ2v) is 4.65. The lowest BCUT2D eigenvalue weighted by molar-refractivity contribution is 0.907. The summed E-state index contributed by atoms with van der Waals surface area (Å²) < 4.78 is 0. The molecule has 88 valence electrons. The largest absolute Gasteiger partial charge is 0.100 e. The molecule has 1 aromatic carbocycles. The number of benzene rings is 1. The van der Waals surface area contributed by atoms with Gasteiger partial charge in [-0.05, 0) is 61.8 Å². The number of allylic oxidation sites excluding steroid dienone is 1. The summed E-state index contributed by atoms with van der Waals surface area (Å²) in [5.74, 6) is 0. The summed E-state index contributed by atoms with van der Waals surface area (Å²) in [5, 5.41) is 0. The average Bonchev–Trinajstić information content (AvgIpc) is 2.26. The van der Waals surface area contributed by atoms with E-state index in [1.54, 1.807) is 5.56 Å². The van der Waals surface area contributed by atoms with Gasteiger partial charge in [0, 0.05) is 0 Å². The molecule has 0 heterocycles. The first-order valence-electron chi connectivity index (χ1n) is 6.34. The molecule has 0 aliphatic heterocycles. The fourth-order valence-electron chi connectivity index (χ4n) is 2.32. The number of rotatable bonds is 5. The summed E-state index contributed by atoms with van der Waals surface area (Å²) in [4.78, 5) is 0. The van der Waals surface area contributed by atoms with E-state index in [0.717, 1.165) is 25.7 Å². The van der Waals surface area contributed by atoms with Crippen LogP contribution in [0.5, 0.6) is 0 Å². The number of hydrogen-bond acceptors (Lipinski definition) is 0. The van der Waals surface area contributed by atoms with Crippen molar-refractivity contribution in [2.24, 2.45) is 0 Å². The van der Waals surface area contributed by atoms with E-state index in [2.05, 4.69) is 46.4 Å². The fourth-order valence-corrected chi connectivity index (χ4v) is 2.32. The maximum absolute atomic E-state index is 3.98. The lowest BCUT2D eigenvalue weighted by atomic mass is 9.91. The van der Waals surface area contributed by atoms with Crippen LogP contribution in [0.4, 0.5) is 0 Å². The molecule has 1 aromatic rings. The van der Waals surface area contributed by atoms with Crippen LogP contribution >= 0.6 is 0 Å². The van der Waals surface area contributed by atoms with Crippen LogP contribution in [-0.4, -0.2) is 0 Å². The summed E-state index contributed by atoms with van der Waals surface area (Å²) >= 11 is 0. The Morgan fingerprint density at radius 1 is 1.12 bits per heavy atom. The molecule has 1 rings (SSSR count). The molecule has 0 fully saturated rings. The molecule has 0 aromatic heterocycles. The first kappa shape index (κ1) is 13.0. The third-order valence-corrected chi connectivity index (χ3v) is 3.36. The van der Waals surface area contributed by atoms with Gasteiger partial charge in [0.1, 0.15) is 0 Å². The molecule has 0 unspecified atom stereocenters. The molecule has 0 radical (unpaired) electrons. The minimum Gasteiger partial charge on any atom is -0.100 e. The van der Waals surface area contributed by atoms with Crippen molar-refractivity contribution in [1.29, 1.82) is 0 Å². The van der Waals surface area contributed by atoms with Crippen molar-refractivity contribution in [3.8, 4) is 0 Å². The van der Waals surface area contributed by atoms with Crippen molar-refractivity contribution in [1.82, 2.24) is 0 Å². The van der Waals surface area contributed by atoms with E-state index in [0.29, 0.717) is 0 Å². The molecule has 0 nitrogen and oxygen atoms in total. The van der Waals surface area contributed by atoms with Crippen LogP contribution in [0.1, 0.15) is 49.4 Å². The van der Waals surface area contributed by atoms with Crippen LogP contribution in [-0.2, 0) is 19.3 Å². The van der Waals surface area contributed by atoms with Crippen LogP contribution in [0.15, 0.2) is 24.3 Å². The Hall–Kier alpha value is -1.04. The number of hydrogen-bond donors (Lipinski definition) is 0. The van der Waals surface area contributed by atoms with Crippen molar-refractivity contribution in [2.45, 2.75) is 53.4 Å². The molecule has 0 amide bonds. The van der Waals surface area contributed by atoms with Gasteiger partial charge in [-0.2, -0.15) is 0 Å². The molecule has 0 bridgehead atoms. The second-order valence-electron chi connectivity index (χ2n) is 4.65. The average molecular weight is 216 g/mol. The highest BCUT2D eigenvalue weighted by Crippen LogP contribution is 2.22. The Balaban J connectivity index is 3.01. The van der Waals surface area contributed by atoms with Gasteiger partial charge in [-0.15, -0.1) is 6.58 Å². The summed E-state index contributed by atoms with van der Waals surface area (Å²) in [7, 11) is 0. The third-order valence-electron chi connectivity index (χ3n) is 3.36. The quantitative estimate of drug-likeness (QED) is 0.630. The Morgan fingerprint density at radius 3 is 2.25 bits per heavy atom. The Labute approximate surface area is 100 Å². The van der Waals surface area contributed by atoms with Gasteiger partial charge in [-0.25, -0.2) is 0 Å². The first-order chi connectivity index (χ1) is 7.60. The monoisotopic (exact) mass is 216 g/mol. The minimum absolute atomic E-state index is 1.11. The van der Waals surface area contributed by atoms with Crippen LogP contribution in [0.3, 0.4) is 0 Å². The zero-order valence-electron chi connectivity index (χ0n) is 11.2. The highest BCUT2D eigenvalue weighted by Gasteiger charge is 2.07. The maximum atomic E-state index is 3.98. The van der Waals surface area contributed by atoms with E-state index in [9.17, 15) is 0 Å². The van der Waals surface area contributed by atoms with Gasteiger partial charge in [0.2, 0.25) is 0 Å². The summed E-state index contributed by atoms with van der Waals surface area (Å²) in [5.41, 5.74) is 7.35. The predicted molar refractivity (Wildman–Crippen MR) is 73.1 cm³/mol.